The predicted molar refractivity (Wildman–Crippen MR) is 78.4 cm³/mol. The second-order valence-electron chi connectivity index (χ2n) is 5.42. The van der Waals surface area contributed by atoms with Gasteiger partial charge in [0.15, 0.2) is 17.5 Å². The number of rotatable bonds is 6. The molecule has 0 aromatic heterocycles. The molecule has 10 heteroatoms. The Hall–Kier alpha value is -1.65. The van der Waals surface area contributed by atoms with Gasteiger partial charge in [0, 0.05) is 32.6 Å². The monoisotopic (exact) mass is 366 g/mol. The third-order valence-electron chi connectivity index (χ3n) is 3.81. The van der Waals surface area contributed by atoms with Crippen LogP contribution in [0.3, 0.4) is 0 Å². The van der Waals surface area contributed by atoms with Crippen molar-refractivity contribution in [3.8, 4) is 0 Å². The molecule has 134 valence electrons. The van der Waals surface area contributed by atoms with Gasteiger partial charge in [-0.1, -0.05) is 0 Å². The molecule has 1 saturated heterocycles. The maximum Gasteiger partial charge on any atom is 0.303 e. The van der Waals surface area contributed by atoms with E-state index in [1.165, 1.54) is 0 Å². The SMILES string of the molecule is O=C(O)CCCN1CCN(S(=O)(=O)c2ccc(F)c(F)c2F)CC1. The van der Waals surface area contributed by atoms with Crippen LogP contribution in [0.1, 0.15) is 12.8 Å². The zero-order valence-electron chi connectivity index (χ0n) is 12.7. The largest absolute Gasteiger partial charge is 0.481 e. The zero-order chi connectivity index (χ0) is 17.9. The van der Waals surface area contributed by atoms with E-state index in [0.29, 0.717) is 38.2 Å². The van der Waals surface area contributed by atoms with Crippen LogP contribution in [0.4, 0.5) is 13.2 Å². The Bertz CT molecular complexity index is 719. The first kappa shape index (κ1) is 18.7. The number of aliphatic carboxylic acids is 1. The van der Waals surface area contributed by atoms with Crippen molar-refractivity contribution in [2.24, 2.45) is 0 Å². The van der Waals surface area contributed by atoms with Crippen molar-refractivity contribution in [1.82, 2.24) is 9.21 Å². The molecule has 1 aromatic rings. The topological polar surface area (TPSA) is 77.9 Å². The molecule has 2 rings (SSSR count). The summed E-state index contributed by atoms with van der Waals surface area (Å²) in [7, 11) is -4.26. The lowest BCUT2D eigenvalue weighted by molar-refractivity contribution is -0.137. The number of carboxylic acid groups (broad SMARTS) is 1. The molecule has 1 N–H and O–H groups in total. The van der Waals surface area contributed by atoms with Gasteiger partial charge in [-0.2, -0.15) is 4.31 Å². The quantitative estimate of drug-likeness (QED) is 0.768. The van der Waals surface area contributed by atoms with Crippen LogP contribution in [0.15, 0.2) is 17.0 Å². The van der Waals surface area contributed by atoms with Gasteiger partial charge in [-0.15, -0.1) is 0 Å². The van der Waals surface area contributed by atoms with Gasteiger partial charge in [0.1, 0.15) is 4.90 Å². The number of carbonyl (C=O) groups is 1. The van der Waals surface area contributed by atoms with E-state index in [4.69, 9.17) is 5.11 Å². The minimum Gasteiger partial charge on any atom is -0.481 e. The van der Waals surface area contributed by atoms with Gasteiger partial charge >= 0.3 is 5.97 Å². The lowest BCUT2D eigenvalue weighted by Gasteiger charge is -2.33. The van der Waals surface area contributed by atoms with Crippen molar-refractivity contribution in [3.63, 3.8) is 0 Å². The Morgan fingerprint density at radius 2 is 1.71 bits per heavy atom. The Morgan fingerprint density at radius 3 is 2.29 bits per heavy atom. The summed E-state index contributed by atoms with van der Waals surface area (Å²) in [6, 6.07) is 1.29. The molecule has 0 saturated carbocycles. The number of nitrogens with zero attached hydrogens (tertiary/aromatic N) is 2. The summed E-state index contributed by atoms with van der Waals surface area (Å²) in [6.07, 6.45) is 0.471. The van der Waals surface area contributed by atoms with Gasteiger partial charge in [0.05, 0.1) is 0 Å². The average molecular weight is 366 g/mol. The van der Waals surface area contributed by atoms with Crippen LogP contribution < -0.4 is 0 Å². The average Bonchev–Trinajstić information content (AvgIpc) is 2.52. The molecule has 1 fully saturated rings. The molecule has 6 nitrogen and oxygen atoms in total. The number of sulfonamides is 1. The van der Waals surface area contributed by atoms with E-state index in [9.17, 15) is 26.4 Å². The first-order valence-electron chi connectivity index (χ1n) is 7.31. The number of hydrogen-bond donors (Lipinski definition) is 1. The van der Waals surface area contributed by atoms with Crippen LogP contribution >= 0.6 is 0 Å². The summed E-state index contributed by atoms with van der Waals surface area (Å²) in [5.74, 6) is -5.89. The lowest BCUT2D eigenvalue weighted by atomic mass is 10.2. The van der Waals surface area contributed by atoms with Crippen LogP contribution in [0.2, 0.25) is 0 Å². The van der Waals surface area contributed by atoms with Crippen LogP contribution in [0.5, 0.6) is 0 Å². The van der Waals surface area contributed by atoms with Crippen molar-refractivity contribution >= 4 is 16.0 Å². The highest BCUT2D eigenvalue weighted by Gasteiger charge is 2.32. The van der Waals surface area contributed by atoms with Crippen molar-refractivity contribution in [1.29, 1.82) is 0 Å². The van der Waals surface area contributed by atoms with E-state index >= 15 is 0 Å². The maximum atomic E-state index is 13.7. The molecule has 0 amide bonds. The molecule has 1 aliphatic rings. The summed E-state index contributed by atoms with van der Waals surface area (Å²) < 4.78 is 65.7. The standard InChI is InChI=1S/C14H17F3N2O4S/c15-10-3-4-11(14(17)13(10)16)24(22,23)19-8-6-18(7-9-19)5-1-2-12(20)21/h3-4H,1-2,5-9H2,(H,20,21). The Kier molecular flexibility index (Phi) is 5.83. The highest BCUT2D eigenvalue weighted by molar-refractivity contribution is 7.89. The second-order valence-corrected chi connectivity index (χ2v) is 7.32. The van der Waals surface area contributed by atoms with Crippen molar-refractivity contribution < 1.29 is 31.5 Å². The van der Waals surface area contributed by atoms with Gasteiger partial charge in [0.25, 0.3) is 0 Å². The summed E-state index contributed by atoms with van der Waals surface area (Å²) in [4.78, 5) is 11.5. The Morgan fingerprint density at radius 1 is 1.08 bits per heavy atom. The van der Waals surface area contributed by atoms with E-state index in [2.05, 4.69) is 0 Å². The normalized spacial score (nSPS) is 17.1. The van der Waals surface area contributed by atoms with E-state index in [-0.39, 0.29) is 19.5 Å². The van der Waals surface area contributed by atoms with Crippen LogP contribution in [-0.2, 0) is 14.8 Å². The van der Waals surface area contributed by atoms with Crippen LogP contribution in [0.25, 0.3) is 0 Å². The molecule has 0 unspecified atom stereocenters. The minimum absolute atomic E-state index is 0.0264. The number of benzene rings is 1. The lowest BCUT2D eigenvalue weighted by Crippen LogP contribution is -2.48. The fraction of sp³-hybridized carbons (Fsp3) is 0.500. The van der Waals surface area contributed by atoms with E-state index < -0.39 is 38.3 Å². The third kappa shape index (κ3) is 4.05. The fourth-order valence-corrected chi connectivity index (χ4v) is 3.97. The molecule has 1 heterocycles. The number of hydrogen-bond acceptors (Lipinski definition) is 4. The summed E-state index contributed by atoms with van der Waals surface area (Å²) >= 11 is 0. The molecular formula is C14H17F3N2O4S. The highest BCUT2D eigenvalue weighted by Crippen LogP contribution is 2.24. The van der Waals surface area contributed by atoms with Crippen molar-refractivity contribution in [2.75, 3.05) is 32.7 Å². The van der Waals surface area contributed by atoms with Crippen molar-refractivity contribution in [2.45, 2.75) is 17.7 Å². The molecule has 0 radical (unpaired) electrons. The molecule has 1 aromatic carbocycles. The fourth-order valence-electron chi connectivity index (χ4n) is 2.49. The molecule has 0 atom stereocenters. The van der Waals surface area contributed by atoms with E-state index in [0.717, 1.165) is 4.31 Å². The van der Waals surface area contributed by atoms with Gasteiger partial charge < -0.3 is 10.0 Å². The second kappa shape index (κ2) is 7.49. The van der Waals surface area contributed by atoms with Gasteiger partial charge in [-0.25, -0.2) is 21.6 Å². The predicted octanol–water partition coefficient (Wildman–Crippen LogP) is 1.27. The number of halogens is 3. The summed E-state index contributed by atoms with van der Waals surface area (Å²) in [5, 5.41) is 8.59. The van der Waals surface area contributed by atoms with Crippen LogP contribution in [-0.4, -0.2) is 61.4 Å². The van der Waals surface area contributed by atoms with Crippen molar-refractivity contribution in [3.05, 3.63) is 29.6 Å². The molecule has 0 spiro atoms. The summed E-state index contributed by atoms with van der Waals surface area (Å²) in [5.41, 5.74) is 0. The van der Waals surface area contributed by atoms with E-state index in [1.54, 1.807) is 0 Å². The zero-order valence-corrected chi connectivity index (χ0v) is 13.5. The highest BCUT2D eigenvalue weighted by atomic mass is 32.2. The van der Waals surface area contributed by atoms with Gasteiger partial charge in [0.2, 0.25) is 10.0 Å². The Balaban J connectivity index is 2.03. The molecule has 1 aliphatic heterocycles. The molecule has 24 heavy (non-hydrogen) atoms. The molecular weight excluding hydrogens is 349 g/mol. The van der Waals surface area contributed by atoms with Gasteiger partial charge in [-0.05, 0) is 25.1 Å². The minimum atomic E-state index is -4.26. The molecule has 0 bridgehead atoms. The van der Waals surface area contributed by atoms with Gasteiger partial charge in [-0.3, -0.25) is 4.79 Å². The Labute approximate surface area is 137 Å². The third-order valence-corrected chi connectivity index (χ3v) is 5.73. The van der Waals surface area contributed by atoms with E-state index in [1.807, 2.05) is 4.90 Å². The number of carboxylic acids is 1. The smallest absolute Gasteiger partial charge is 0.303 e. The first-order valence-corrected chi connectivity index (χ1v) is 8.75. The number of piperazine rings is 1. The molecule has 0 aliphatic carbocycles. The summed E-state index contributed by atoms with van der Waals surface area (Å²) in [6.45, 7) is 1.34. The first-order chi connectivity index (χ1) is 11.2. The maximum absolute atomic E-state index is 13.7. The van der Waals surface area contributed by atoms with Crippen LogP contribution in [0, 0.1) is 17.5 Å².